The average molecular weight is 259 g/mol. The molecule has 17 heavy (non-hydrogen) atoms. The summed E-state index contributed by atoms with van der Waals surface area (Å²) in [7, 11) is 0. The van der Waals surface area contributed by atoms with Crippen LogP contribution in [0.3, 0.4) is 0 Å². The average Bonchev–Trinajstić information content (AvgIpc) is 2.70. The molecule has 5 heteroatoms. The number of piperidine rings is 1. The van der Waals surface area contributed by atoms with Gasteiger partial charge in [0.2, 0.25) is 0 Å². The van der Waals surface area contributed by atoms with Crippen molar-refractivity contribution in [3.05, 3.63) is 18.0 Å². The second kappa shape index (κ2) is 6.99. The highest BCUT2D eigenvalue weighted by atomic mass is 35.5. The molecule has 2 N–H and O–H groups in total. The predicted molar refractivity (Wildman–Crippen MR) is 72.3 cm³/mol. The molecule has 1 aromatic heterocycles. The minimum atomic E-state index is 0. The number of likely N-dealkylation sites (tertiary alicyclic amines) is 1. The number of nitrogens with zero attached hydrogens (tertiary/aromatic N) is 3. The molecule has 0 radical (unpaired) electrons. The van der Waals surface area contributed by atoms with E-state index < -0.39 is 0 Å². The highest BCUT2D eigenvalue weighted by molar-refractivity contribution is 5.85. The lowest BCUT2D eigenvalue weighted by Gasteiger charge is -2.29. The molecule has 0 aromatic carbocycles. The number of halogens is 1. The molecule has 1 aliphatic heterocycles. The standard InChI is InChI=1S/C12H22N4.ClH/c1-2-5-16-10-11(8-14-16)9-15-6-3-12(13)4-7-15;/h8,10,12H,2-7,9,13H2,1H3;1H. The van der Waals surface area contributed by atoms with Gasteiger partial charge >= 0.3 is 0 Å². The Morgan fingerprint density at radius 3 is 2.76 bits per heavy atom. The van der Waals surface area contributed by atoms with Gasteiger partial charge in [-0.3, -0.25) is 9.58 Å². The van der Waals surface area contributed by atoms with E-state index in [2.05, 4.69) is 23.1 Å². The van der Waals surface area contributed by atoms with E-state index in [0.717, 1.165) is 45.4 Å². The lowest BCUT2D eigenvalue weighted by atomic mass is 10.1. The minimum Gasteiger partial charge on any atom is -0.328 e. The van der Waals surface area contributed by atoms with Crippen LogP contribution in [0.4, 0.5) is 0 Å². The van der Waals surface area contributed by atoms with E-state index in [-0.39, 0.29) is 12.4 Å². The molecule has 1 fully saturated rings. The van der Waals surface area contributed by atoms with Gasteiger partial charge in [-0.25, -0.2) is 0 Å². The first-order chi connectivity index (χ1) is 7.78. The molecule has 0 bridgehead atoms. The second-order valence-electron chi connectivity index (χ2n) is 4.73. The number of aromatic nitrogens is 2. The Morgan fingerprint density at radius 2 is 2.12 bits per heavy atom. The van der Waals surface area contributed by atoms with Crippen molar-refractivity contribution in [3.8, 4) is 0 Å². The topological polar surface area (TPSA) is 47.1 Å². The number of hydrogen-bond acceptors (Lipinski definition) is 3. The number of hydrogen-bond donors (Lipinski definition) is 1. The summed E-state index contributed by atoms with van der Waals surface area (Å²) < 4.78 is 2.03. The van der Waals surface area contributed by atoms with Gasteiger partial charge in [-0.05, 0) is 32.4 Å². The van der Waals surface area contributed by atoms with Crippen molar-refractivity contribution in [2.75, 3.05) is 13.1 Å². The van der Waals surface area contributed by atoms with E-state index in [9.17, 15) is 0 Å². The van der Waals surface area contributed by atoms with E-state index in [0.29, 0.717) is 6.04 Å². The first-order valence-electron chi connectivity index (χ1n) is 6.27. The van der Waals surface area contributed by atoms with Crippen LogP contribution in [-0.4, -0.2) is 33.8 Å². The van der Waals surface area contributed by atoms with Crippen LogP contribution in [-0.2, 0) is 13.1 Å². The molecule has 0 spiro atoms. The Balaban J connectivity index is 0.00000144. The van der Waals surface area contributed by atoms with Crippen LogP contribution < -0.4 is 5.73 Å². The van der Waals surface area contributed by atoms with Crippen molar-refractivity contribution in [2.45, 2.75) is 45.3 Å². The van der Waals surface area contributed by atoms with Crippen molar-refractivity contribution in [3.63, 3.8) is 0 Å². The molecule has 0 aliphatic carbocycles. The first-order valence-corrected chi connectivity index (χ1v) is 6.27. The SMILES string of the molecule is CCCn1cc(CN2CCC(N)CC2)cn1.Cl. The van der Waals surface area contributed by atoms with Crippen LogP contribution in [0, 0.1) is 0 Å². The van der Waals surface area contributed by atoms with Gasteiger partial charge in [0.1, 0.15) is 0 Å². The first kappa shape index (κ1) is 14.5. The maximum atomic E-state index is 5.89. The minimum absolute atomic E-state index is 0. The van der Waals surface area contributed by atoms with Crippen LogP contribution in [0.25, 0.3) is 0 Å². The third kappa shape index (κ3) is 4.30. The summed E-state index contributed by atoms with van der Waals surface area (Å²) in [5.41, 5.74) is 7.21. The highest BCUT2D eigenvalue weighted by Gasteiger charge is 2.16. The third-order valence-corrected chi connectivity index (χ3v) is 3.18. The summed E-state index contributed by atoms with van der Waals surface area (Å²) in [6.45, 7) is 6.47. The molecular formula is C12H23ClN4. The molecule has 2 rings (SSSR count). The van der Waals surface area contributed by atoms with Gasteiger partial charge < -0.3 is 5.73 Å². The fraction of sp³-hybridized carbons (Fsp3) is 0.750. The fourth-order valence-electron chi connectivity index (χ4n) is 2.21. The molecule has 2 heterocycles. The summed E-state index contributed by atoms with van der Waals surface area (Å²) in [4.78, 5) is 2.47. The zero-order valence-corrected chi connectivity index (χ0v) is 11.3. The Kier molecular flexibility index (Phi) is 5.95. The quantitative estimate of drug-likeness (QED) is 0.893. The normalized spacial score (nSPS) is 18.0. The van der Waals surface area contributed by atoms with Crippen LogP contribution >= 0.6 is 12.4 Å². The molecule has 4 nitrogen and oxygen atoms in total. The summed E-state index contributed by atoms with van der Waals surface area (Å²) in [5.74, 6) is 0. The van der Waals surface area contributed by atoms with Crippen LogP contribution in [0.2, 0.25) is 0 Å². The maximum absolute atomic E-state index is 5.89. The molecule has 1 aliphatic rings. The Labute approximate surface area is 110 Å². The van der Waals surface area contributed by atoms with Gasteiger partial charge in [-0.15, -0.1) is 12.4 Å². The molecule has 1 aromatic rings. The summed E-state index contributed by atoms with van der Waals surface area (Å²) in [6.07, 6.45) is 7.55. The largest absolute Gasteiger partial charge is 0.328 e. The van der Waals surface area contributed by atoms with Crippen molar-refractivity contribution in [1.29, 1.82) is 0 Å². The molecule has 0 unspecified atom stereocenters. The van der Waals surface area contributed by atoms with E-state index in [4.69, 9.17) is 5.73 Å². The van der Waals surface area contributed by atoms with Gasteiger partial charge in [-0.2, -0.15) is 5.10 Å². The predicted octanol–water partition coefficient (Wildman–Crippen LogP) is 1.64. The highest BCUT2D eigenvalue weighted by Crippen LogP contribution is 2.12. The van der Waals surface area contributed by atoms with Crippen molar-refractivity contribution >= 4 is 12.4 Å². The number of rotatable bonds is 4. The van der Waals surface area contributed by atoms with Gasteiger partial charge in [0.15, 0.2) is 0 Å². The van der Waals surface area contributed by atoms with Gasteiger partial charge in [0, 0.05) is 30.9 Å². The van der Waals surface area contributed by atoms with Crippen LogP contribution in [0.5, 0.6) is 0 Å². The lowest BCUT2D eigenvalue weighted by Crippen LogP contribution is -2.39. The molecule has 98 valence electrons. The van der Waals surface area contributed by atoms with Gasteiger partial charge in [0.05, 0.1) is 6.20 Å². The molecule has 1 saturated heterocycles. The molecule has 0 amide bonds. The van der Waals surface area contributed by atoms with E-state index in [1.807, 2.05) is 10.9 Å². The Bertz CT molecular complexity index is 318. The Morgan fingerprint density at radius 1 is 1.41 bits per heavy atom. The van der Waals surface area contributed by atoms with Gasteiger partial charge in [0.25, 0.3) is 0 Å². The zero-order valence-electron chi connectivity index (χ0n) is 10.5. The number of nitrogens with two attached hydrogens (primary N) is 1. The molecule has 0 atom stereocenters. The molecule has 0 saturated carbocycles. The monoisotopic (exact) mass is 258 g/mol. The summed E-state index contributed by atoms with van der Waals surface area (Å²) >= 11 is 0. The maximum Gasteiger partial charge on any atom is 0.0534 e. The fourth-order valence-corrected chi connectivity index (χ4v) is 2.21. The number of aryl methyl sites for hydroxylation is 1. The molecular weight excluding hydrogens is 236 g/mol. The van der Waals surface area contributed by atoms with Crippen LogP contribution in [0.1, 0.15) is 31.7 Å². The van der Waals surface area contributed by atoms with Gasteiger partial charge in [-0.1, -0.05) is 6.92 Å². The van der Waals surface area contributed by atoms with E-state index in [1.54, 1.807) is 0 Å². The van der Waals surface area contributed by atoms with Crippen molar-refractivity contribution in [1.82, 2.24) is 14.7 Å². The lowest BCUT2D eigenvalue weighted by molar-refractivity contribution is 0.205. The van der Waals surface area contributed by atoms with Crippen molar-refractivity contribution in [2.24, 2.45) is 5.73 Å². The second-order valence-corrected chi connectivity index (χ2v) is 4.73. The summed E-state index contributed by atoms with van der Waals surface area (Å²) in [6, 6.07) is 0.416. The summed E-state index contributed by atoms with van der Waals surface area (Å²) in [5, 5.41) is 4.35. The smallest absolute Gasteiger partial charge is 0.0534 e. The van der Waals surface area contributed by atoms with Crippen molar-refractivity contribution < 1.29 is 0 Å². The zero-order chi connectivity index (χ0) is 11.4. The van der Waals surface area contributed by atoms with E-state index >= 15 is 0 Å². The van der Waals surface area contributed by atoms with E-state index in [1.165, 1.54) is 5.56 Å². The third-order valence-electron chi connectivity index (χ3n) is 3.18. The Hall–Kier alpha value is -0.580. The van der Waals surface area contributed by atoms with Crippen LogP contribution in [0.15, 0.2) is 12.4 Å².